The molecule has 0 bridgehead atoms. The maximum absolute atomic E-state index is 5.46. The summed E-state index contributed by atoms with van der Waals surface area (Å²) in [4.78, 5) is 9.69. The Morgan fingerprint density at radius 1 is 1.19 bits per heavy atom. The van der Waals surface area contributed by atoms with E-state index in [0.29, 0.717) is 17.4 Å². The average Bonchev–Trinajstić information content (AvgIpc) is 2.53. The van der Waals surface area contributed by atoms with Gasteiger partial charge in [-0.2, -0.15) is 0 Å². The topological polar surface area (TPSA) is 59.1 Å². The molecule has 5 nitrogen and oxygen atoms in total. The van der Waals surface area contributed by atoms with Crippen LogP contribution in [0, 0.1) is 0 Å². The standard InChI is InChI=1S/C15H20N4OS/c1-4-9-16-14-13(20-2)15(18-10-17-14)19-11-7-5-6-8-12(11)21-3/h5-8,10H,4,9H2,1-3H3,(H2,16,17,18,19). The molecule has 0 spiro atoms. The zero-order valence-corrected chi connectivity index (χ0v) is 13.3. The number of nitrogens with zero attached hydrogens (tertiary/aromatic N) is 2. The largest absolute Gasteiger partial charge is 0.490 e. The van der Waals surface area contributed by atoms with E-state index in [1.165, 1.54) is 6.33 Å². The van der Waals surface area contributed by atoms with Gasteiger partial charge in [0.2, 0.25) is 5.75 Å². The van der Waals surface area contributed by atoms with Crippen molar-refractivity contribution < 1.29 is 4.74 Å². The van der Waals surface area contributed by atoms with E-state index < -0.39 is 0 Å². The van der Waals surface area contributed by atoms with Gasteiger partial charge in [0.25, 0.3) is 0 Å². The van der Waals surface area contributed by atoms with Crippen molar-refractivity contribution in [1.29, 1.82) is 0 Å². The van der Waals surface area contributed by atoms with E-state index in [1.807, 2.05) is 24.5 Å². The van der Waals surface area contributed by atoms with Crippen LogP contribution >= 0.6 is 11.8 Å². The summed E-state index contributed by atoms with van der Waals surface area (Å²) in [6.45, 7) is 2.95. The van der Waals surface area contributed by atoms with Gasteiger partial charge in [0, 0.05) is 11.4 Å². The Kier molecular flexibility index (Phi) is 5.68. The number of nitrogens with one attached hydrogen (secondary N) is 2. The van der Waals surface area contributed by atoms with Crippen molar-refractivity contribution in [3.05, 3.63) is 30.6 Å². The molecule has 0 aliphatic carbocycles. The fraction of sp³-hybridized carbons (Fsp3) is 0.333. The van der Waals surface area contributed by atoms with Gasteiger partial charge in [-0.25, -0.2) is 9.97 Å². The predicted molar refractivity (Wildman–Crippen MR) is 88.9 cm³/mol. The van der Waals surface area contributed by atoms with E-state index in [4.69, 9.17) is 4.74 Å². The zero-order valence-electron chi connectivity index (χ0n) is 12.5. The van der Waals surface area contributed by atoms with Crippen molar-refractivity contribution >= 4 is 29.1 Å². The lowest BCUT2D eigenvalue weighted by molar-refractivity contribution is 0.415. The monoisotopic (exact) mass is 304 g/mol. The first-order chi connectivity index (χ1) is 10.3. The van der Waals surface area contributed by atoms with Gasteiger partial charge < -0.3 is 15.4 Å². The first kappa shape index (κ1) is 15.4. The van der Waals surface area contributed by atoms with Crippen LogP contribution < -0.4 is 15.4 Å². The molecule has 0 aliphatic heterocycles. The van der Waals surface area contributed by atoms with E-state index >= 15 is 0 Å². The summed E-state index contributed by atoms with van der Waals surface area (Å²) in [7, 11) is 1.63. The van der Waals surface area contributed by atoms with Crippen LogP contribution in [0.2, 0.25) is 0 Å². The maximum atomic E-state index is 5.46. The summed E-state index contributed by atoms with van der Waals surface area (Å²) in [6.07, 6.45) is 4.60. The number of benzene rings is 1. The zero-order chi connectivity index (χ0) is 15.1. The number of hydrogen-bond donors (Lipinski definition) is 2. The Bertz CT molecular complexity index is 592. The van der Waals surface area contributed by atoms with Gasteiger partial charge >= 0.3 is 0 Å². The summed E-state index contributed by atoms with van der Waals surface area (Å²) < 4.78 is 5.46. The molecule has 0 unspecified atom stereocenters. The summed E-state index contributed by atoms with van der Waals surface area (Å²) in [5.74, 6) is 1.99. The van der Waals surface area contributed by atoms with Crippen molar-refractivity contribution in [2.45, 2.75) is 18.2 Å². The number of thioether (sulfide) groups is 1. The molecule has 2 rings (SSSR count). The van der Waals surface area contributed by atoms with Gasteiger partial charge in [-0.15, -0.1) is 11.8 Å². The summed E-state index contributed by atoms with van der Waals surface area (Å²) >= 11 is 1.68. The minimum absolute atomic E-state index is 0.627. The number of anilines is 3. The van der Waals surface area contributed by atoms with Gasteiger partial charge in [0.1, 0.15) is 6.33 Å². The molecular formula is C15H20N4OS. The molecule has 21 heavy (non-hydrogen) atoms. The van der Waals surface area contributed by atoms with E-state index in [1.54, 1.807) is 18.9 Å². The first-order valence-corrected chi connectivity index (χ1v) is 8.05. The molecule has 6 heteroatoms. The Balaban J connectivity index is 2.31. The van der Waals surface area contributed by atoms with E-state index in [-0.39, 0.29) is 0 Å². The second-order valence-corrected chi connectivity index (χ2v) is 5.20. The first-order valence-electron chi connectivity index (χ1n) is 6.83. The SMILES string of the molecule is CCCNc1ncnc(Nc2ccccc2SC)c1OC. The van der Waals surface area contributed by atoms with Crippen LogP contribution in [0.3, 0.4) is 0 Å². The van der Waals surface area contributed by atoms with Crippen LogP contribution in [0.4, 0.5) is 17.3 Å². The molecule has 2 N–H and O–H groups in total. The second kappa shape index (κ2) is 7.73. The van der Waals surface area contributed by atoms with E-state index in [0.717, 1.165) is 23.5 Å². The summed E-state index contributed by atoms with van der Waals surface area (Å²) in [5.41, 5.74) is 1.00. The third kappa shape index (κ3) is 3.78. The number of rotatable bonds is 7. The number of aromatic nitrogens is 2. The van der Waals surface area contributed by atoms with Crippen molar-refractivity contribution in [3.8, 4) is 5.75 Å². The molecule has 1 aromatic carbocycles. The van der Waals surface area contributed by atoms with Gasteiger partial charge in [-0.1, -0.05) is 19.1 Å². The van der Waals surface area contributed by atoms with Crippen molar-refractivity contribution in [2.24, 2.45) is 0 Å². The fourth-order valence-electron chi connectivity index (χ4n) is 1.90. The highest BCUT2D eigenvalue weighted by atomic mass is 32.2. The molecule has 0 radical (unpaired) electrons. The highest BCUT2D eigenvalue weighted by molar-refractivity contribution is 7.98. The minimum atomic E-state index is 0.627. The molecule has 0 fully saturated rings. The molecule has 0 saturated carbocycles. The number of para-hydroxylation sites is 1. The van der Waals surface area contributed by atoms with Gasteiger partial charge in [-0.05, 0) is 24.8 Å². The third-order valence-electron chi connectivity index (χ3n) is 2.91. The molecule has 2 aromatic rings. The predicted octanol–water partition coefficient (Wildman–Crippen LogP) is 3.77. The van der Waals surface area contributed by atoms with Crippen LogP contribution in [0.5, 0.6) is 5.75 Å². The molecule has 1 heterocycles. The smallest absolute Gasteiger partial charge is 0.204 e. The molecule has 0 amide bonds. The van der Waals surface area contributed by atoms with Crippen LogP contribution in [-0.4, -0.2) is 29.9 Å². The van der Waals surface area contributed by atoms with Crippen LogP contribution in [0.1, 0.15) is 13.3 Å². The molecule has 1 aromatic heterocycles. The van der Waals surface area contributed by atoms with Gasteiger partial charge in [-0.3, -0.25) is 0 Å². The summed E-state index contributed by atoms with van der Waals surface area (Å²) in [6, 6.07) is 8.10. The second-order valence-electron chi connectivity index (χ2n) is 4.36. The highest BCUT2D eigenvalue weighted by Crippen LogP contribution is 2.34. The van der Waals surface area contributed by atoms with Crippen LogP contribution in [0.25, 0.3) is 0 Å². The lowest BCUT2D eigenvalue weighted by Crippen LogP contribution is -2.07. The summed E-state index contributed by atoms with van der Waals surface area (Å²) in [5, 5.41) is 6.57. The molecular weight excluding hydrogens is 284 g/mol. The lowest BCUT2D eigenvalue weighted by atomic mass is 10.3. The van der Waals surface area contributed by atoms with Crippen LogP contribution in [0.15, 0.2) is 35.5 Å². The van der Waals surface area contributed by atoms with Crippen molar-refractivity contribution in [3.63, 3.8) is 0 Å². The van der Waals surface area contributed by atoms with Gasteiger partial charge in [0.05, 0.1) is 12.8 Å². The third-order valence-corrected chi connectivity index (χ3v) is 3.71. The van der Waals surface area contributed by atoms with Crippen molar-refractivity contribution in [2.75, 3.05) is 30.5 Å². The Morgan fingerprint density at radius 2 is 1.95 bits per heavy atom. The highest BCUT2D eigenvalue weighted by Gasteiger charge is 2.13. The number of hydrogen-bond acceptors (Lipinski definition) is 6. The molecule has 112 valence electrons. The maximum Gasteiger partial charge on any atom is 0.204 e. The van der Waals surface area contributed by atoms with E-state index in [2.05, 4.69) is 33.6 Å². The van der Waals surface area contributed by atoms with E-state index in [9.17, 15) is 0 Å². The lowest BCUT2D eigenvalue weighted by Gasteiger charge is -2.15. The number of methoxy groups -OCH3 is 1. The fourth-order valence-corrected chi connectivity index (χ4v) is 2.45. The molecule has 0 saturated heterocycles. The van der Waals surface area contributed by atoms with Gasteiger partial charge in [0.15, 0.2) is 11.6 Å². The normalized spacial score (nSPS) is 10.2. The minimum Gasteiger partial charge on any atom is -0.490 e. The Hall–Kier alpha value is -1.95. The molecule has 0 atom stereocenters. The quantitative estimate of drug-likeness (QED) is 0.759. The number of ether oxygens (including phenoxy) is 1. The van der Waals surface area contributed by atoms with Crippen LogP contribution in [-0.2, 0) is 0 Å². The molecule has 0 aliphatic rings. The average molecular weight is 304 g/mol. The Labute approximate surface area is 129 Å². The van der Waals surface area contributed by atoms with Crippen molar-refractivity contribution in [1.82, 2.24) is 9.97 Å². The Morgan fingerprint density at radius 3 is 2.67 bits per heavy atom.